The molecule has 1 amide bonds. The second kappa shape index (κ2) is 8.08. The normalized spacial score (nSPS) is 15.1. The van der Waals surface area contributed by atoms with Crippen molar-refractivity contribution in [1.82, 2.24) is 10.2 Å². The summed E-state index contributed by atoms with van der Waals surface area (Å²) >= 11 is 1.20. The Labute approximate surface area is 171 Å². The molecule has 29 heavy (non-hydrogen) atoms. The summed E-state index contributed by atoms with van der Waals surface area (Å²) in [6.07, 6.45) is 0.509. The Morgan fingerprint density at radius 1 is 1.21 bits per heavy atom. The monoisotopic (exact) mass is 409 g/mol. The molecule has 1 N–H and O–H groups in total. The van der Waals surface area contributed by atoms with Crippen LogP contribution in [-0.4, -0.2) is 34.8 Å². The summed E-state index contributed by atoms with van der Waals surface area (Å²) in [4.78, 5) is 24.3. The fourth-order valence-electron chi connectivity index (χ4n) is 3.09. The van der Waals surface area contributed by atoms with Gasteiger partial charge >= 0.3 is 0 Å². The zero-order chi connectivity index (χ0) is 20.4. The van der Waals surface area contributed by atoms with Crippen molar-refractivity contribution in [1.29, 1.82) is 0 Å². The Morgan fingerprint density at radius 3 is 2.76 bits per heavy atom. The Balaban J connectivity index is 1.36. The van der Waals surface area contributed by atoms with Crippen LogP contribution in [0.1, 0.15) is 40.2 Å². The van der Waals surface area contributed by atoms with Gasteiger partial charge in [0.25, 0.3) is 5.22 Å². The SMILES string of the molecule is COc1ccc(Cc2nnc(SCC(=O)c3ccc4c(c3)[C@H](C)C(=O)N4)o2)cc1. The average Bonchev–Trinajstić information content (AvgIpc) is 3.30. The summed E-state index contributed by atoms with van der Waals surface area (Å²) in [5.41, 5.74) is 3.22. The highest BCUT2D eigenvalue weighted by molar-refractivity contribution is 7.99. The topological polar surface area (TPSA) is 94.3 Å². The maximum Gasteiger partial charge on any atom is 0.277 e. The molecule has 0 unspecified atom stereocenters. The van der Waals surface area contributed by atoms with Crippen LogP contribution in [0.25, 0.3) is 0 Å². The van der Waals surface area contributed by atoms with E-state index >= 15 is 0 Å². The van der Waals surface area contributed by atoms with Gasteiger partial charge in [-0.1, -0.05) is 23.9 Å². The lowest BCUT2D eigenvalue weighted by Crippen LogP contribution is -2.08. The van der Waals surface area contributed by atoms with Crippen LogP contribution in [0.4, 0.5) is 5.69 Å². The highest BCUT2D eigenvalue weighted by Crippen LogP contribution is 2.33. The summed E-state index contributed by atoms with van der Waals surface area (Å²) in [5, 5.41) is 11.2. The predicted octanol–water partition coefficient (Wildman–Crippen LogP) is 3.70. The largest absolute Gasteiger partial charge is 0.497 e. The molecule has 3 aromatic rings. The number of hydrogen-bond donors (Lipinski definition) is 1. The van der Waals surface area contributed by atoms with Crippen LogP contribution in [0.2, 0.25) is 0 Å². The van der Waals surface area contributed by atoms with Crippen LogP contribution in [0, 0.1) is 0 Å². The van der Waals surface area contributed by atoms with Crippen LogP contribution in [0.5, 0.6) is 5.75 Å². The van der Waals surface area contributed by atoms with Gasteiger partial charge in [-0.05, 0) is 48.4 Å². The number of carbonyl (C=O) groups is 2. The van der Waals surface area contributed by atoms with Gasteiger partial charge in [-0.25, -0.2) is 0 Å². The van der Waals surface area contributed by atoms with Crippen LogP contribution >= 0.6 is 11.8 Å². The van der Waals surface area contributed by atoms with E-state index < -0.39 is 0 Å². The third-order valence-electron chi connectivity index (χ3n) is 4.78. The molecule has 1 aliphatic rings. The number of aromatic nitrogens is 2. The minimum absolute atomic E-state index is 0.0470. The number of methoxy groups -OCH3 is 1. The van der Waals surface area contributed by atoms with E-state index in [1.807, 2.05) is 31.2 Å². The second-order valence-electron chi connectivity index (χ2n) is 6.71. The fraction of sp³-hybridized carbons (Fsp3) is 0.238. The summed E-state index contributed by atoms with van der Waals surface area (Å²) in [5.74, 6) is 1.10. The molecule has 8 heteroatoms. The molecule has 0 fully saturated rings. The van der Waals surface area contributed by atoms with Gasteiger partial charge in [-0.15, -0.1) is 10.2 Å². The molecule has 0 saturated heterocycles. The van der Waals surface area contributed by atoms with Crippen LogP contribution in [-0.2, 0) is 11.2 Å². The van der Waals surface area contributed by atoms with Gasteiger partial charge in [-0.2, -0.15) is 0 Å². The molecule has 0 bridgehead atoms. The van der Waals surface area contributed by atoms with Gasteiger partial charge in [0.2, 0.25) is 11.8 Å². The molecule has 0 saturated carbocycles. The number of benzene rings is 2. The highest BCUT2D eigenvalue weighted by atomic mass is 32.2. The number of amides is 1. The van der Waals surface area contributed by atoms with Crippen LogP contribution < -0.4 is 10.1 Å². The molecule has 1 aromatic heterocycles. The van der Waals surface area contributed by atoms with E-state index in [2.05, 4.69) is 15.5 Å². The number of nitrogens with one attached hydrogen (secondary N) is 1. The average molecular weight is 409 g/mol. The van der Waals surface area contributed by atoms with Crippen molar-refractivity contribution in [3.8, 4) is 5.75 Å². The lowest BCUT2D eigenvalue weighted by molar-refractivity contribution is -0.116. The molecule has 0 aliphatic carbocycles. The number of carbonyl (C=O) groups excluding carboxylic acids is 2. The Kier molecular flexibility index (Phi) is 5.35. The predicted molar refractivity (Wildman–Crippen MR) is 109 cm³/mol. The molecule has 2 heterocycles. The van der Waals surface area contributed by atoms with Crippen LogP contribution in [0.15, 0.2) is 52.1 Å². The van der Waals surface area contributed by atoms with E-state index in [0.717, 1.165) is 22.6 Å². The molecule has 148 valence electrons. The molecule has 4 rings (SSSR count). The fourth-order valence-corrected chi connectivity index (χ4v) is 3.76. The Bertz CT molecular complexity index is 1060. The number of anilines is 1. The summed E-state index contributed by atoms with van der Waals surface area (Å²) in [6.45, 7) is 1.83. The first-order valence-electron chi connectivity index (χ1n) is 9.09. The second-order valence-corrected chi connectivity index (χ2v) is 7.64. The Morgan fingerprint density at radius 2 is 2.00 bits per heavy atom. The van der Waals surface area contributed by atoms with Crippen molar-refractivity contribution < 1.29 is 18.7 Å². The van der Waals surface area contributed by atoms with Crippen molar-refractivity contribution in [2.45, 2.75) is 24.5 Å². The summed E-state index contributed by atoms with van der Waals surface area (Å²) in [6, 6.07) is 12.9. The quantitative estimate of drug-likeness (QED) is 0.470. The third-order valence-corrected chi connectivity index (χ3v) is 5.60. The van der Waals surface area contributed by atoms with Gasteiger partial charge < -0.3 is 14.5 Å². The van der Waals surface area contributed by atoms with Gasteiger partial charge in [0.15, 0.2) is 5.78 Å². The first-order chi connectivity index (χ1) is 14.0. The number of Topliss-reactive ketones (excluding diaryl/α,β-unsaturated/α-hetero) is 1. The van der Waals surface area contributed by atoms with E-state index in [4.69, 9.17) is 9.15 Å². The zero-order valence-corrected chi connectivity index (χ0v) is 16.8. The first kappa shape index (κ1) is 19.2. The van der Waals surface area contributed by atoms with E-state index in [1.165, 1.54) is 11.8 Å². The standard InChI is InChI=1S/C21H19N3O4S/c1-12-16-10-14(5-8-17(16)22-20(12)26)18(25)11-29-21-24-23-19(28-21)9-13-3-6-15(27-2)7-4-13/h3-8,10,12H,9,11H2,1-2H3,(H,22,26)/t12-/m0/s1. The zero-order valence-electron chi connectivity index (χ0n) is 16.0. The number of nitrogens with zero attached hydrogens (tertiary/aromatic N) is 2. The molecule has 0 spiro atoms. The van der Waals surface area contributed by atoms with Gasteiger partial charge in [0.1, 0.15) is 5.75 Å². The van der Waals surface area contributed by atoms with Gasteiger partial charge in [-0.3, -0.25) is 9.59 Å². The molecular weight excluding hydrogens is 390 g/mol. The molecule has 2 aromatic carbocycles. The van der Waals surface area contributed by atoms with Crippen molar-refractivity contribution >= 4 is 29.1 Å². The van der Waals surface area contributed by atoms with Gasteiger partial charge in [0.05, 0.1) is 25.2 Å². The van der Waals surface area contributed by atoms with E-state index in [9.17, 15) is 9.59 Å². The minimum Gasteiger partial charge on any atom is -0.497 e. The van der Waals surface area contributed by atoms with Crippen LogP contribution in [0.3, 0.4) is 0 Å². The summed E-state index contributed by atoms with van der Waals surface area (Å²) in [7, 11) is 1.62. The maximum atomic E-state index is 12.5. The number of ketones is 1. The molecule has 1 aliphatic heterocycles. The number of hydrogen-bond acceptors (Lipinski definition) is 7. The minimum atomic E-state index is -0.248. The highest BCUT2D eigenvalue weighted by Gasteiger charge is 2.27. The number of rotatable bonds is 7. The number of ether oxygens (including phenoxy) is 1. The maximum absolute atomic E-state index is 12.5. The third kappa shape index (κ3) is 4.17. The summed E-state index contributed by atoms with van der Waals surface area (Å²) < 4.78 is 10.8. The number of fused-ring (bicyclic) bond motifs is 1. The van der Waals surface area contributed by atoms with Crippen molar-refractivity contribution in [2.75, 3.05) is 18.2 Å². The van der Waals surface area contributed by atoms with Crippen molar-refractivity contribution in [3.05, 3.63) is 65.0 Å². The van der Waals surface area contributed by atoms with E-state index in [1.54, 1.807) is 25.3 Å². The molecule has 7 nitrogen and oxygen atoms in total. The molecule has 0 radical (unpaired) electrons. The number of thioether (sulfide) groups is 1. The van der Waals surface area contributed by atoms with Gasteiger partial charge in [0, 0.05) is 11.3 Å². The van der Waals surface area contributed by atoms with Crippen molar-refractivity contribution in [3.63, 3.8) is 0 Å². The molecular formula is C21H19N3O4S. The first-order valence-corrected chi connectivity index (χ1v) is 10.1. The smallest absolute Gasteiger partial charge is 0.277 e. The Hall–Kier alpha value is -3.13. The van der Waals surface area contributed by atoms with Crippen molar-refractivity contribution in [2.24, 2.45) is 0 Å². The lowest BCUT2D eigenvalue weighted by atomic mass is 9.99. The van der Waals surface area contributed by atoms with E-state index in [0.29, 0.717) is 23.1 Å². The molecule has 1 atom stereocenters. The van der Waals surface area contributed by atoms with E-state index in [-0.39, 0.29) is 23.4 Å². The lowest BCUT2D eigenvalue weighted by Gasteiger charge is -2.04.